The standard InChI is InChI=1S/C14H28O2Si/c1-4-12-10-11-14(12)17(15-5-2,16-6-3)13-8-7-9-13/h12-14H,4-11H2,1-3H3. The second-order valence-corrected chi connectivity index (χ2v) is 9.15. The first-order chi connectivity index (χ1) is 8.28. The highest BCUT2D eigenvalue weighted by Crippen LogP contribution is 2.57. The van der Waals surface area contributed by atoms with Gasteiger partial charge in [0.1, 0.15) is 0 Å². The first-order valence-corrected chi connectivity index (χ1v) is 9.53. The molecule has 100 valence electrons. The summed E-state index contributed by atoms with van der Waals surface area (Å²) in [7, 11) is -1.91. The first kappa shape index (κ1) is 13.6. The van der Waals surface area contributed by atoms with Gasteiger partial charge in [-0.3, -0.25) is 0 Å². The zero-order valence-electron chi connectivity index (χ0n) is 11.7. The lowest BCUT2D eigenvalue weighted by Gasteiger charge is -2.52. The molecule has 0 amide bonds. The molecule has 17 heavy (non-hydrogen) atoms. The van der Waals surface area contributed by atoms with Crippen LogP contribution in [0.5, 0.6) is 0 Å². The smallest absolute Gasteiger partial charge is 0.344 e. The van der Waals surface area contributed by atoms with Crippen molar-refractivity contribution in [3.05, 3.63) is 0 Å². The molecule has 0 aromatic heterocycles. The van der Waals surface area contributed by atoms with Crippen LogP contribution in [0.1, 0.15) is 59.3 Å². The van der Waals surface area contributed by atoms with Crippen LogP contribution in [0, 0.1) is 5.92 Å². The van der Waals surface area contributed by atoms with Crippen LogP contribution in [0.3, 0.4) is 0 Å². The van der Waals surface area contributed by atoms with Crippen LogP contribution in [-0.2, 0) is 8.85 Å². The van der Waals surface area contributed by atoms with E-state index in [1.165, 1.54) is 38.5 Å². The van der Waals surface area contributed by atoms with E-state index in [2.05, 4.69) is 20.8 Å². The molecule has 2 aliphatic rings. The van der Waals surface area contributed by atoms with Gasteiger partial charge in [-0.15, -0.1) is 0 Å². The van der Waals surface area contributed by atoms with Gasteiger partial charge in [0, 0.05) is 24.3 Å². The third-order valence-corrected chi connectivity index (χ3v) is 9.86. The van der Waals surface area contributed by atoms with Crippen LogP contribution < -0.4 is 0 Å². The molecular weight excluding hydrogens is 228 g/mol. The van der Waals surface area contributed by atoms with E-state index in [0.717, 1.165) is 30.2 Å². The van der Waals surface area contributed by atoms with Crippen molar-refractivity contribution in [2.45, 2.75) is 70.4 Å². The average molecular weight is 256 g/mol. The van der Waals surface area contributed by atoms with Gasteiger partial charge in [-0.1, -0.05) is 26.2 Å². The van der Waals surface area contributed by atoms with Crippen LogP contribution >= 0.6 is 0 Å². The van der Waals surface area contributed by atoms with E-state index < -0.39 is 8.56 Å². The highest BCUT2D eigenvalue weighted by atomic mass is 28.4. The largest absolute Gasteiger partial charge is 0.394 e. The van der Waals surface area contributed by atoms with E-state index in [9.17, 15) is 0 Å². The molecule has 0 heterocycles. The minimum absolute atomic E-state index is 0.790. The molecule has 2 aliphatic carbocycles. The van der Waals surface area contributed by atoms with Gasteiger partial charge in [-0.2, -0.15) is 0 Å². The second-order valence-electron chi connectivity index (χ2n) is 5.57. The minimum atomic E-state index is -1.91. The second kappa shape index (κ2) is 5.85. The maximum atomic E-state index is 6.33. The fourth-order valence-electron chi connectivity index (χ4n) is 3.64. The molecule has 2 nitrogen and oxygen atoms in total. The molecule has 0 aromatic rings. The summed E-state index contributed by atoms with van der Waals surface area (Å²) in [6.45, 7) is 8.29. The average Bonchev–Trinajstić information content (AvgIpc) is 2.14. The molecule has 0 aliphatic heterocycles. The van der Waals surface area contributed by atoms with E-state index in [0.29, 0.717) is 0 Å². The van der Waals surface area contributed by atoms with Crippen molar-refractivity contribution < 1.29 is 8.85 Å². The molecule has 2 unspecified atom stereocenters. The Bertz CT molecular complexity index is 232. The number of rotatable bonds is 7. The molecular formula is C14H28O2Si. The normalized spacial score (nSPS) is 29.8. The Balaban J connectivity index is 2.13. The topological polar surface area (TPSA) is 18.5 Å². The fraction of sp³-hybridized carbons (Fsp3) is 1.00. The summed E-state index contributed by atoms with van der Waals surface area (Å²) in [5.41, 5.74) is 1.58. The predicted molar refractivity (Wildman–Crippen MR) is 73.4 cm³/mol. The van der Waals surface area contributed by atoms with Crippen LogP contribution in [0.15, 0.2) is 0 Å². The molecule has 2 rings (SSSR count). The third kappa shape index (κ3) is 2.34. The third-order valence-electron chi connectivity index (χ3n) is 4.87. The maximum Gasteiger partial charge on any atom is 0.344 e. The lowest BCUT2D eigenvalue weighted by Crippen LogP contribution is -2.57. The molecule has 3 heteroatoms. The Labute approximate surface area is 107 Å². The van der Waals surface area contributed by atoms with Gasteiger partial charge in [0.15, 0.2) is 0 Å². The van der Waals surface area contributed by atoms with Crippen LogP contribution in [0.25, 0.3) is 0 Å². The summed E-state index contributed by atoms with van der Waals surface area (Å²) < 4.78 is 12.7. The predicted octanol–water partition coefficient (Wildman–Crippen LogP) is 4.25. The van der Waals surface area contributed by atoms with E-state index in [1.807, 2.05) is 0 Å². The summed E-state index contributed by atoms with van der Waals surface area (Å²) in [5, 5.41) is 0. The molecule has 0 aromatic carbocycles. The summed E-state index contributed by atoms with van der Waals surface area (Å²) in [5.74, 6) is 0.889. The van der Waals surface area contributed by atoms with Gasteiger partial charge in [0.25, 0.3) is 0 Å². The molecule has 0 spiro atoms. The molecule has 2 fully saturated rings. The fourth-order valence-corrected chi connectivity index (χ4v) is 8.98. The maximum absolute atomic E-state index is 6.33. The Morgan fingerprint density at radius 1 is 0.941 bits per heavy atom. The van der Waals surface area contributed by atoms with E-state index in [1.54, 1.807) is 0 Å². The molecule has 2 saturated carbocycles. The first-order valence-electron chi connectivity index (χ1n) is 7.56. The van der Waals surface area contributed by atoms with Crippen LogP contribution in [-0.4, -0.2) is 21.8 Å². The monoisotopic (exact) mass is 256 g/mol. The molecule has 2 atom stereocenters. The number of hydrogen-bond acceptors (Lipinski definition) is 2. The lowest BCUT2D eigenvalue weighted by molar-refractivity contribution is 0.113. The van der Waals surface area contributed by atoms with Crippen molar-refractivity contribution >= 4 is 8.56 Å². The summed E-state index contributed by atoms with van der Waals surface area (Å²) in [6.07, 6.45) is 8.19. The number of hydrogen-bond donors (Lipinski definition) is 0. The molecule has 0 bridgehead atoms. The zero-order chi connectivity index (χ0) is 12.3. The summed E-state index contributed by atoms with van der Waals surface area (Å²) >= 11 is 0. The van der Waals surface area contributed by atoms with E-state index in [4.69, 9.17) is 8.85 Å². The SMILES string of the molecule is CCO[Si](OCC)(C1CCC1)C1CCC1CC. The highest BCUT2D eigenvalue weighted by Gasteiger charge is 2.58. The Kier molecular flexibility index (Phi) is 4.67. The van der Waals surface area contributed by atoms with Gasteiger partial charge in [-0.05, 0) is 39.0 Å². The highest BCUT2D eigenvalue weighted by molar-refractivity contribution is 6.71. The van der Waals surface area contributed by atoms with Crippen LogP contribution in [0.4, 0.5) is 0 Å². The van der Waals surface area contributed by atoms with Crippen molar-refractivity contribution in [1.82, 2.24) is 0 Å². The van der Waals surface area contributed by atoms with Crippen LogP contribution in [0.2, 0.25) is 11.1 Å². The lowest BCUT2D eigenvalue weighted by atomic mass is 9.82. The Morgan fingerprint density at radius 3 is 1.88 bits per heavy atom. The van der Waals surface area contributed by atoms with Crippen molar-refractivity contribution in [2.75, 3.05) is 13.2 Å². The molecule has 0 radical (unpaired) electrons. The summed E-state index contributed by atoms with van der Waals surface area (Å²) in [6, 6.07) is 0. The van der Waals surface area contributed by atoms with E-state index >= 15 is 0 Å². The molecule has 0 saturated heterocycles. The van der Waals surface area contributed by atoms with Crippen molar-refractivity contribution in [2.24, 2.45) is 5.92 Å². The van der Waals surface area contributed by atoms with Gasteiger partial charge < -0.3 is 8.85 Å². The van der Waals surface area contributed by atoms with E-state index in [-0.39, 0.29) is 0 Å². The summed E-state index contributed by atoms with van der Waals surface area (Å²) in [4.78, 5) is 0. The Hall–Kier alpha value is 0.137. The van der Waals surface area contributed by atoms with Gasteiger partial charge in [0.2, 0.25) is 0 Å². The quantitative estimate of drug-likeness (QED) is 0.634. The van der Waals surface area contributed by atoms with Crippen molar-refractivity contribution in [3.8, 4) is 0 Å². The van der Waals surface area contributed by atoms with Gasteiger partial charge in [0.05, 0.1) is 0 Å². The molecule has 0 N–H and O–H groups in total. The van der Waals surface area contributed by atoms with Crippen molar-refractivity contribution in [3.63, 3.8) is 0 Å². The zero-order valence-corrected chi connectivity index (χ0v) is 12.7. The van der Waals surface area contributed by atoms with Crippen molar-refractivity contribution in [1.29, 1.82) is 0 Å². The minimum Gasteiger partial charge on any atom is -0.394 e. The Morgan fingerprint density at radius 2 is 1.59 bits per heavy atom. The van der Waals surface area contributed by atoms with Gasteiger partial charge in [-0.25, -0.2) is 0 Å². The van der Waals surface area contributed by atoms with Gasteiger partial charge >= 0.3 is 8.56 Å².